The number of halogens is 2. The Morgan fingerprint density at radius 2 is 2.05 bits per heavy atom. The molecule has 1 saturated carbocycles. The number of hydrogen-bond donors (Lipinski definition) is 1. The lowest BCUT2D eigenvalue weighted by Gasteiger charge is -2.43. The Hall–Kier alpha value is -0.450. The van der Waals surface area contributed by atoms with Crippen LogP contribution in [0.15, 0.2) is 22.7 Å². The van der Waals surface area contributed by atoms with E-state index in [1.165, 1.54) is 25.3 Å². The fourth-order valence-corrected chi connectivity index (χ4v) is 3.91. The van der Waals surface area contributed by atoms with Gasteiger partial charge in [-0.25, -0.2) is 4.39 Å². The van der Waals surface area contributed by atoms with E-state index in [2.05, 4.69) is 28.2 Å². The van der Waals surface area contributed by atoms with E-state index in [0.717, 1.165) is 31.4 Å². The number of benzene rings is 1. The summed E-state index contributed by atoms with van der Waals surface area (Å²) in [4.78, 5) is 0. The Morgan fingerprint density at radius 3 is 2.62 bits per heavy atom. The second kappa shape index (κ2) is 7.70. The second-order valence-corrected chi connectivity index (χ2v) is 6.71. The SMILES string of the molecule is CCOC1(C(Cc2ccc(F)c(Br)c2)NC)CCCCC1. The molecule has 0 saturated heterocycles. The third-order valence-electron chi connectivity index (χ3n) is 4.54. The van der Waals surface area contributed by atoms with Crippen LogP contribution in [0, 0.1) is 5.82 Å². The molecule has 1 unspecified atom stereocenters. The van der Waals surface area contributed by atoms with Crippen molar-refractivity contribution in [1.29, 1.82) is 0 Å². The van der Waals surface area contributed by atoms with E-state index in [1.807, 2.05) is 19.2 Å². The van der Waals surface area contributed by atoms with E-state index in [9.17, 15) is 4.39 Å². The molecule has 0 heterocycles. The van der Waals surface area contributed by atoms with Gasteiger partial charge in [0.1, 0.15) is 5.82 Å². The van der Waals surface area contributed by atoms with E-state index >= 15 is 0 Å². The summed E-state index contributed by atoms with van der Waals surface area (Å²) in [7, 11) is 2.00. The van der Waals surface area contributed by atoms with E-state index in [-0.39, 0.29) is 17.5 Å². The highest BCUT2D eigenvalue weighted by molar-refractivity contribution is 9.10. The second-order valence-electron chi connectivity index (χ2n) is 5.85. The Kier molecular flexibility index (Phi) is 6.20. The molecule has 0 radical (unpaired) electrons. The van der Waals surface area contributed by atoms with Crippen molar-refractivity contribution in [2.75, 3.05) is 13.7 Å². The molecule has 0 spiro atoms. The van der Waals surface area contributed by atoms with Crippen LogP contribution in [-0.4, -0.2) is 25.3 Å². The molecular weight excluding hydrogens is 333 g/mol. The van der Waals surface area contributed by atoms with E-state index in [4.69, 9.17) is 4.74 Å². The van der Waals surface area contributed by atoms with Crippen LogP contribution in [0.3, 0.4) is 0 Å². The first-order valence-corrected chi connectivity index (χ1v) is 8.66. The molecule has 4 heteroatoms. The molecule has 21 heavy (non-hydrogen) atoms. The highest BCUT2D eigenvalue weighted by Gasteiger charge is 2.39. The van der Waals surface area contributed by atoms with Gasteiger partial charge in [-0.3, -0.25) is 0 Å². The molecule has 1 atom stereocenters. The number of rotatable bonds is 6. The summed E-state index contributed by atoms with van der Waals surface area (Å²) in [5.41, 5.74) is 1.05. The van der Waals surface area contributed by atoms with Gasteiger partial charge in [0.15, 0.2) is 0 Å². The van der Waals surface area contributed by atoms with Crippen LogP contribution in [0.4, 0.5) is 4.39 Å². The minimum atomic E-state index is -0.211. The number of ether oxygens (including phenoxy) is 1. The van der Waals surface area contributed by atoms with E-state index in [0.29, 0.717) is 4.47 Å². The first-order chi connectivity index (χ1) is 10.1. The maximum atomic E-state index is 13.4. The molecule has 118 valence electrons. The molecule has 1 aromatic carbocycles. The zero-order valence-corrected chi connectivity index (χ0v) is 14.5. The van der Waals surface area contributed by atoms with Crippen LogP contribution < -0.4 is 5.32 Å². The summed E-state index contributed by atoms with van der Waals surface area (Å²) in [5, 5.41) is 3.45. The standard InChI is InChI=1S/C17H25BrFNO/c1-3-21-17(9-5-4-6-10-17)16(20-2)12-13-7-8-15(19)14(18)11-13/h7-8,11,16,20H,3-6,9-10,12H2,1-2H3. The maximum absolute atomic E-state index is 13.4. The fraction of sp³-hybridized carbons (Fsp3) is 0.647. The average molecular weight is 358 g/mol. The third kappa shape index (κ3) is 4.05. The first-order valence-electron chi connectivity index (χ1n) is 7.86. The van der Waals surface area contributed by atoms with Gasteiger partial charge in [0, 0.05) is 12.6 Å². The Labute approximate surface area is 135 Å². The zero-order chi connectivity index (χ0) is 15.3. The summed E-state index contributed by atoms with van der Waals surface area (Å²) >= 11 is 3.27. The minimum absolute atomic E-state index is 0.0807. The topological polar surface area (TPSA) is 21.3 Å². The molecule has 0 bridgehead atoms. The maximum Gasteiger partial charge on any atom is 0.137 e. The van der Waals surface area contributed by atoms with Crippen molar-refractivity contribution in [3.05, 3.63) is 34.1 Å². The average Bonchev–Trinajstić information content (AvgIpc) is 2.49. The number of likely N-dealkylation sites (N-methyl/N-ethyl adjacent to an activating group) is 1. The molecule has 1 fully saturated rings. The van der Waals surface area contributed by atoms with Gasteiger partial charge in [-0.05, 0) is 66.9 Å². The van der Waals surface area contributed by atoms with Crippen LogP contribution in [0.25, 0.3) is 0 Å². The van der Waals surface area contributed by atoms with Crippen LogP contribution in [0.5, 0.6) is 0 Å². The van der Waals surface area contributed by atoms with Crippen molar-refractivity contribution >= 4 is 15.9 Å². The van der Waals surface area contributed by atoms with Crippen LogP contribution in [0.1, 0.15) is 44.6 Å². The molecule has 0 amide bonds. The number of nitrogens with one attached hydrogen (secondary N) is 1. The summed E-state index contributed by atoms with van der Waals surface area (Å²) in [5.74, 6) is -0.211. The van der Waals surface area contributed by atoms with Gasteiger partial charge in [-0.15, -0.1) is 0 Å². The molecule has 0 aliphatic heterocycles. The van der Waals surface area contributed by atoms with Gasteiger partial charge in [-0.1, -0.05) is 25.3 Å². The monoisotopic (exact) mass is 357 g/mol. The van der Waals surface area contributed by atoms with Crippen LogP contribution in [-0.2, 0) is 11.2 Å². The molecule has 1 aliphatic carbocycles. The lowest BCUT2D eigenvalue weighted by molar-refractivity contribution is -0.0883. The molecule has 2 rings (SSSR count). The Balaban J connectivity index is 2.17. The van der Waals surface area contributed by atoms with E-state index in [1.54, 1.807) is 0 Å². The zero-order valence-electron chi connectivity index (χ0n) is 12.9. The summed E-state index contributed by atoms with van der Waals surface area (Å²) in [6.45, 7) is 2.81. The van der Waals surface area contributed by atoms with Gasteiger partial charge < -0.3 is 10.1 Å². The first kappa shape index (κ1) is 16.9. The molecular formula is C17H25BrFNO. The highest BCUT2D eigenvalue weighted by atomic mass is 79.9. The van der Waals surface area contributed by atoms with Crippen molar-refractivity contribution < 1.29 is 9.13 Å². The Bertz CT molecular complexity index is 455. The third-order valence-corrected chi connectivity index (χ3v) is 5.15. The van der Waals surface area contributed by atoms with Crippen LogP contribution in [0.2, 0.25) is 0 Å². The summed E-state index contributed by atoms with van der Waals surface area (Å²) in [6.07, 6.45) is 6.82. The smallest absolute Gasteiger partial charge is 0.137 e. The predicted octanol–water partition coefficient (Wildman–Crippen LogP) is 4.46. The predicted molar refractivity (Wildman–Crippen MR) is 88.1 cm³/mol. The van der Waals surface area contributed by atoms with Gasteiger partial charge in [0.2, 0.25) is 0 Å². The van der Waals surface area contributed by atoms with Crippen LogP contribution >= 0.6 is 15.9 Å². The van der Waals surface area contributed by atoms with Crippen molar-refractivity contribution in [2.24, 2.45) is 0 Å². The van der Waals surface area contributed by atoms with Gasteiger partial charge in [0.25, 0.3) is 0 Å². The lowest BCUT2D eigenvalue weighted by atomic mass is 9.77. The largest absolute Gasteiger partial charge is 0.374 e. The van der Waals surface area contributed by atoms with Gasteiger partial charge in [-0.2, -0.15) is 0 Å². The normalized spacial score (nSPS) is 19.4. The summed E-state index contributed by atoms with van der Waals surface area (Å²) in [6, 6.07) is 5.53. The van der Waals surface area contributed by atoms with E-state index < -0.39 is 0 Å². The molecule has 1 aromatic rings. The highest BCUT2D eigenvalue weighted by Crippen LogP contribution is 2.36. The van der Waals surface area contributed by atoms with Gasteiger partial charge in [0.05, 0.1) is 10.1 Å². The molecule has 1 aliphatic rings. The Morgan fingerprint density at radius 1 is 1.33 bits per heavy atom. The summed E-state index contributed by atoms with van der Waals surface area (Å²) < 4.78 is 20.1. The molecule has 0 aromatic heterocycles. The minimum Gasteiger partial charge on any atom is -0.374 e. The lowest BCUT2D eigenvalue weighted by Crippen LogP contribution is -2.53. The van der Waals surface area contributed by atoms with Crippen molar-refractivity contribution in [3.8, 4) is 0 Å². The fourth-order valence-electron chi connectivity index (χ4n) is 3.48. The molecule has 2 nitrogen and oxygen atoms in total. The van der Waals surface area contributed by atoms with Crippen molar-refractivity contribution in [3.63, 3.8) is 0 Å². The van der Waals surface area contributed by atoms with Gasteiger partial charge >= 0.3 is 0 Å². The molecule has 1 N–H and O–H groups in total. The number of hydrogen-bond acceptors (Lipinski definition) is 2. The van der Waals surface area contributed by atoms with Crippen molar-refractivity contribution in [1.82, 2.24) is 5.32 Å². The quantitative estimate of drug-likeness (QED) is 0.811. The van der Waals surface area contributed by atoms with Crippen molar-refractivity contribution in [2.45, 2.75) is 57.1 Å².